The third-order valence-electron chi connectivity index (χ3n) is 4.23. The number of amides is 1. The third kappa shape index (κ3) is 3.20. The number of nitrogens with zero attached hydrogens (tertiary/aromatic N) is 3. The second-order valence-corrected chi connectivity index (χ2v) is 5.78. The number of rotatable bonds is 4. The third-order valence-corrected chi connectivity index (χ3v) is 4.23. The number of piperidine rings is 1. The molecule has 1 fully saturated rings. The van der Waals surface area contributed by atoms with E-state index in [0.29, 0.717) is 13.0 Å². The molecule has 5 heteroatoms. The van der Waals surface area contributed by atoms with Crippen molar-refractivity contribution in [1.29, 1.82) is 0 Å². The number of para-hydroxylation sites is 1. The minimum absolute atomic E-state index is 0.155. The van der Waals surface area contributed by atoms with Gasteiger partial charge in [0.25, 0.3) is 0 Å². The Kier molecular flexibility index (Phi) is 4.53. The van der Waals surface area contributed by atoms with Gasteiger partial charge in [-0.3, -0.25) is 4.79 Å². The molecule has 1 aromatic heterocycles. The first kappa shape index (κ1) is 14.8. The number of likely N-dealkylation sites (tertiary alicyclic amines) is 1. The van der Waals surface area contributed by atoms with Crippen molar-refractivity contribution in [2.75, 3.05) is 13.1 Å². The lowest BCUT2D eigenvalue weighted by Crippen LogP contribution is -2.48. The fraction of sp³-hybridized carbons (Fsp3) is 0.412. The number of hydrogen-bond acceptors (Lipinski definition) is 3. The Bertz CT molecular complexity index is 623. The van der Waals surface area contributed by atoms with E-state index >= 15 is 0 Å². The molecule has 1 aliphatic heterocycles. The zero-order valence-electron chi connectivity index (χ0n) is 12.7. The van der Waals surface area contributed by atoms with E-state index in [4.69, 9.17) is 5.73 Å². The number of benzene rings is 1. The van der Waals surface area contributed by atoms with Crippen LogP contribution in [0.4, 0.5) is 0 Å². The lowest BCUT2D eigenvalue weighted by Gasteiger charge is -2.35. The first-order valence-corrected chi connectivity index (χ1v) is 7.86. The molecule has 1 aromatic carbocycles. The van der Waals surface area contributed by atoms with E-state index in [1.165, 1.54) is 0 Å². The van der Waals surface area contributed by atoms with Crippen LogP contribution in [-0.2, 0) is 11.2 Å². The van der Waals surface area contributed by atoms with Crippen molar-refractivity contribution in [2.24, 2.45) is 5.73 Å². The van der Waals surface area contributed by atoms with Gasteiger partial charge in [0.1, 0.15) is 0 Å². The molecule has 5 nitrogen and oxygen atoms in total. The zero-order valence-corrected chi connectivity index (χ0v) is 12.7. The van der Waals surface area contributed by atoms with Gasteiger partial charge in [0.2, 0.25) is 5.91 Å². The molecule has 1 amide bonds. The Balaban J connectivity index is 1.68. The van der Waals surface area contributed by atoms with E-state index < -0.39 is 0 Å². The van der Waals surface area contributed by atoms with E-state index in [1.54, 1.807) is 10.9 Å². The molecule has 3 rings (SSSR count). The first-order chi connectivity index (χ1) is 10.8. The Labute approximate surface area is 130 Å². The van der Waals surface area contributed by atoms with Crippen molar-refractivity contribution in [3.63, 3.8) is 0 Å². The van der Waals surface area contributed by atoms with Gasteiger partial charge >= 0.3 is 0 Å². The summed E-state index contributed by atoms with van der Waals surface area (Å²) in [5, 5.41) is 4.35. The first-order valence-electron chi connectivity index (χ1n) is 7.86. The highest BCUT2D eigenvalue weighted by Crippen LogP contribution is 2.18. The minimum Gasteiger partial charge on any atom is -0.338 e. The minimum atomic E-state index is 0.155. The summed E-state index contributed by atoms with van der Waals surface area (Å²) in [5.74, 6) is 0.155. The lowest BCUT2D eigenvalue weighted by atomic mass is 10.0. The van der Waals surface area contributed by atoms with Crippen molar-refractivity contribution in [3.05, 3.63) is 48.3 Å². The molecule has 2 N–H and O–H groups in total. The van der Waals surface area contributed by atoms with Gasteiger partial charge in [0.05, 0.1) is 18.3 Å². The Morgan fingerprint density at radius 1 is 1.27 bits per heavy atom. The summed E-state index contributed by atoms with van der Waals surface area (Å²) in [6.07, 6.45) is 7.35. The monoisotopic (exact) mass is 298 g/mol. The summed E-state index contributed by atoms with van der Waals surface area (Å²) in [7, 11) is 0. The standard InChI is InChI=1S/C17H22N4O/c18-11-16-8-4-5-9-20(16)17(22)10-14-12-19-21(13-14)15-6-2-1-3-7-15/h1-3,6-7,12-13,16H,4-5,8-11,18H2. The number of carbonyl (C=O) groups excluding carboxylic acids is 1. The van der Waals surface area contributed by atoms with Crippen molar-refractivity contribution in [1.82, 2.24) is 14.7 Å². The van der Waals surface area contributed by atoms with E-state index in [-0.39, 0.29) is 11.9 Å². The highest BCUT2D eigenvalue weighted by molar-refractivity contribution is 5.79. The average Bonchev–Trinajstić information content (AvgIpc) is 3.04. The number of carbonyl (C=O) groups is 1. The van der Waals surface area contributed by atoms with Crippen LogP contribution in [0.15, 0.2) is 42.7 Å². The quantitative estimate of drug-likeness (QED) is 0.935. The smallest absolute Gasteiger partial charge is 0.227 e. The van der Waals surface area contributed by atoms with Gasteiger partial charge in [-0.1, -0.05) is 18.2 Å². The molecule has 22 heavy (non-hydrogen) atoms. The molecule has 1 unspecified atom stereocenters. The van der Waals surface area contributed by atoms with E-state index in [0.717, 1.165) is 37.1 Å². The molecule has 1 aliphatic rings. The van der Waals surface area contributed by atoms with Gasteiger partial charge in [-0.25, -0.2) is 4.68 Å². The van der Waals surface area contributed by atoms with Crippen molar-refractivity contribution in [3.8, 4) is 5.69 Å². The van der Waals surface area contributed by atoms with E-state index in [2.05, 4.69) is 5.10 Å². The summed E-state index contributed by atoms with van der Waals surface area (Å²) >= 11 is 0. The van der Waals surface area contributed by atoms with Crippen LogP contribution in [0, 0.1) is 0 Å². The van der Waals surface area contributed by atoms with Gasteiger partial charge in [0.15, 0.2) is 0 Å². The van der Waals surface area contributed by atoms with Crippen molar-refractivity contribution >= 4 is 5.91 Å². The predicted molar refractivity (Wildman–Crippen MR) is 85.7 cm³/mol. The van der Waals surface area contributed by atoms with Crippen LogP contribution in [0.5, 0.6) is 0 Å². The summed E-state index contributed by atoms with van der Waals surface area (Å²) in [6, 6.07) is 10.1. The normalized spacial score (nSPS) is 18.4. The highest BCUT2D eigenvalue weighted by atomic mass is 16.2. The molecule has 0 bridgehead atoms. The molecular weight excluding hydrogens is 276 g/mol. The number of hydrogen-bond donors (Lipinski definition) is 1. The zero-order chi connectivity index (χ0) is 15.4. The maximum atomic E-state index is 12.5. The van der Waals surface area contributed by atoms with Crippen LogP contribution < -0.4 is 5.73 Å². The summed E-state index contributed by atoms with van der Waals surface area (Å²) < 4.78 is 1.80. The number of aromatic nitrogens is 2. The highest BCUT2D eigenvalue weighted by Gasteiger charge is 2.25. The van der Waals surface area contributed by atoms with Crippen LogP contribution >= 0.6 is 0 Å². The summed E-state index contributed by atoms with van der Waals surface area (Å²) in [6.45, 7) is 1.38. The van der Waals surface area contributed by atoms with Gasteiger partial charge in [0, 0.05) is 25.3 Å². The molecule has 0 aliphatic carbocycles. The Morgan fingerprint density at radius 3 is 2.86 bits per heavy atom. The SMILES string of the molecule is NCC1CCCCN1C(=O)Cc1cnn(-c2ccccc2)c1. The van der Waals surface area contributed by atoms with Gasteiger partial charge in [-0.15, -0.1) is 0 Å². The van der Waals surface area contributed by atoms with E-state index in [9.17, 15) is 4.79 Å². The van der Waals surface area contributed by atoms with Gasteiger partial charge in [-0.05, 0) is 37.0 Å². The maximum Gasteiger partial charge on any atom is 0.227 e. The molecular formula is C17H22N4O. The fourth-order valence-corrected chi connectivity index (χ4v) is 3.02. The van der Waals surface area contributed by atoms with Crippen molar-refractivity contribution < 1.29 is 4.79 Å². The molecule has 116 valence electrons. The molecule has 2 heterocycles. The average molecular weight is 298 g/mol. The number of nitrogens with two attached hydrogens (primary N) is 1. The fourth-order valence-electron chi connectivity index (χ4n) is 3.02. The molecule has 0 saturated carbocycles. The topological polar surface area (TPSA) is 64.2 Å². The second kappa shape index (κ2) is 6.75. The van der Waals surface area contributed by atoms with E-state index in [1.807, 2.05) is 41.4 Å². The largest absolute Gasteiger partial charge is 0.338 e. The molecule has 2 aromatic rings. The molecule has 1 saturated heterocycles. The van der Waals surface area contributed by atoms with Crippen LogP contribution in [0.25, 0.3) is 5.69 Å². The van der Waals surface area contributed by atoms with Crippen LogP contribution in [0.1, 0.15) is 24.8 Å². The van der Waals surface area contributed by atoms with Crippen LogP contribution in [0.3, 0.4) is 0 Å². The van der Waals surface area contributed by atoms with Crippen LogP contribution in [-0.4, -0.2) is 39.7 Å². The Morgan fingerprint density at radius 2 is 2.09 bits per heavy atom. The van der Waals surface area contributed by atoms with Crippen LogP contribution in [0.2, 0.25) is 0 Å². The maximum absolute atomic E-state index is 12.5. The second-order valence-electron chi connectivity index (χ2n) is 5.78. The predicted octanol–water partition coefficient (Wildman–Crippen LogP) is 1.75. The summed E-state index contributed by atoms with van der Waals surface area (Å²) in [5.41, 5.74) is 7.73. The Hall–Kier alpha value is -2.14. The van der Waals surface area contributed by atoms with Gasteiger partial charge in [-0.2, -0.15) is 5.10 Å². The molecule has 0 radical (unpaired) electrons. The van der Waals surface area contributed by atoms with Crippen molar-refractivity contribution in [2.45, 2.75) is 31.7 Å². The lowest BCUT2D eigenvalue weighted by molar-refractivity contribution is -0.133. The molecule has 0 spiro atoms. The van der Waals surface area contributed by atoms with Gasteiger partial charge < -0.3 is 10.6 Å². The summed E-state index contributed by atoms with van der Waals surface area (Å²) in [4.78, 5) is 14.5. The molecule has 1 atom stereocenters.